The number of ether oxygens (including phenoxy) is 1. The summed E-state index contributed by atoms with van der Waals surface area (Å²) >= 11 is 0. The van der Waals surface area contributed by atoms with Gasteiger partial charge in [0.15, 0.2) is 0 Å². The van der Waals surface area contributed by atoms with E-state index in [4.69, 9.17) is 4.74 Å². The largest absolute Gasteiger partial charge is 0.489 e. The molecule has 1 N–H and O–H groups in total. The number of nitrogens with one attached hydrogen (secondary N) is 1. The van der Waals surface area contributed by atoms with Gasteiger partial charge in [-0.1, -0.05) is 25.1 Å². The Bertz CT molecular complexity index is 566. The summed E-state index contributed by atoms with van der Waals surface area (Å²) in [4.78, 5) is 0. The lowest BCUT2D eigenvalue weighted by molar-refractivity contribution is 0.305. The minimum absolute atomic E-state index is 0.208. The van der Waals surface area contributed by atoms with E-state index in [1.54, 1.807) is 6.07 Å². The number of halogens is 1. The first kappa shape index (κ1) is 15.5. The molecule has 0 amide bonds. The summed E-state index contributed by atoms with van der Waals surface area (Å²) in [5.41, 5.74) is 3.16. The fourth-order valence-corrected chi connectivity index (χ4v) is 2.10. The fourth-order valence-electron chi connectivity index (χ4n) is 2.10. The number of hydrogen-bond donors (Lipinski definition) is 1. The quantitative estimate of drug-likeness (QED) is 0.770. The number of hydrogen-bond acceptors (Lipinski definition) is 2. The van der Waals surface area contributed by atoms with Crippen LogP contribution in [0.1, 0.15) is 30.0 Å². The average Bonchev–Trinajstić information content (AvgIpc) is 2.48. The summed E-state index contributed by atoms with van der Waals surface area (Å²) in [5.74, 6) is 0.623. The van der Waals surface area contributed by atoms with Crippen molar-refractivity contribution >= 4 is 0 Å². The zero-order chi connectivity index (χ0) is 15.1. The Labute approximate surface area is 126 Å². The van der Waals surface area contributed by atoms with Gasteiger partial charge in [0.25, 0.3) is 0 Å². The van der Waals surface area contributed by atoms with Gasteiger partial charge in [-0.3, -0.25) is 0 Å². The van der Waals surface area contributed by atoms with E-state index in [0.717, 1.165) is 36.4 Å². The first-order valence-electron chi connectivity index (χ1n) is 7.36. The van der Waals surface area contributed by atoms with Crippen LogP contribution in [-0.2, 0) is 13.2 Å². The lowest BCUT2D eigenvalue weighted by Crippen LogP contribution is -2.13. The highest BCUT2D eigenvalue weighted by atomic mass is 19.1. The molecule has 0 atom stereocenters. The van der Waals surface area contributed by atoms with E-state index in [2.05, 4.69) is 24.4 Å². The first-order chi connectivity index (χ1) is 10.2. The van der Waals surface area contributed by atoms with Gasteiger partial charge in [-0.25, -0.2) is 4.39 Å². The highest BCUT2D eigenvalue weighted by molar-refractivity contribution is 5.29. The Morgan fingerprint density at radius 3 is 2.52 bits per heavy atom. The smallest absolute Gasteiger partial charge is 0.123 e. The van der Waals surface area contributed by atoms with Crippen molar-refractivity contribution in [1.82, 2.24) is 5.32 Å². The van der Waals surface area contributed by atoms with Crippen LogP contribution in [0, 0.1) is 12.7 Å². The number of rotatable bonds is 7. The number of benzene rings is 2. The molecule has 0 radical (unpaired) electrons. The van der Waals surface area contributed by atoms with Gasteiger partial charge in [0.1, 0.15) is 18.2 Å². The third-order valence-corrected chi connectivity index (χ3v) is 3.38. The first-order valence-corrected chi connectivity index (χ1v) is 7.36. The molecule has 0 spiro atoms. The molecule has 0 aliphatic rings. The summed E-state index contributed by atoms with van der Waals surface area (Å²) in [6.45, 7) is 6.42. The molecule has 0 bridgehead atoms. The van der Waals surface area contributed by atoms with Crippen molar-refractivity contribution < 1.29 is 9.13 Å². The van der Waals surface area contributed by atoms with Gasteiger partial charge in [-0.15, -0.1) is 0 Å². The van der Waals surface area contributed by atoms with Crippen LogP contribution in [0.5, 0.6) is 5.75 Å². The molecule has 2 nitrogen and oxygen atoms in total. The van der Waals surface area contributed by atoms with Gasteiger partial charge in [0.2, 0.25) is 0 Å². The fraction of sp³-hybridized carbons (Fsp3) is 0.333. The summed E-state index contributed by atoms with van der Waals surface area (Å²) in [7, 11) is 0. The molecule has 0 heterocycles. The van der Waals surface area contributed by atoms with Crippen LogP contribution in [0.25, 0.3) is 0 Å². The lowest BCUT2D eigenvalue weighted by Gasteiger charge is -2.10. The highest BCUT2D eigenvalue weighted by Crippen LogP contribution is 2.16. The predicted octanol–water partition coefficient (Wildman–Crippen LogP) is 4.21. The van der Waals surface area contributed by atoms with Gasteiger partial charge >= 0.3 is 0 Å². The molecule has 0 aliphatic heterocycles. The van der Waals surface area contributed by atoms with Crippen molar-refractivity contribution in [2.45, 2.75) is 33.4 Å². The van der Waals surface area contributed by atoms with Crippen molar-refractivity contribution in [1.29, 1.82) is 0 Å². The second-order valence-corrected chi connectivity index (χ2v) is 5.18. The monoisotopic (exact) mass is 287 g/mol. The SMILES string of the molecule is CCCNCc1ccc(OCc2ccc(F)cc2C)cc1. The molecule has 0 aromatic heterocycles. The second kappa shape index (κ2) is 7.79. The third kappa shape index (κ3) is 4.87. The maximum absolute atomic E-state index is 13.0. The Hall–Kier alpha value is -1.87. The molecule has 3 heteroatoms. The zero-order valence-corrected chi connectivity index (χ0v) is 12.7. The standard InChI is InChI=1S/C18H22FNO/c1-3-10-20-12-15-4-8-18(9-5-15)21-13-16-6-7-17(19)11-14(16)2/h4-9,11,20H,3,10,12-13H2,1-2H3. The zero-order valence-electron chi connectivity index (χ0n) is 12.7. The van der Waals surface area contributed by atoms with Crippen molar-refractivity contribution in [3.63, 3.8) is 0 Å². The molecule has 2 aromatic rings. The normalized spacial score (nSPS) is 10.6. The predicted molar refractivity (Wildman–Crippen MR) is 83.9 cm³/mol. The van der Waals surface area contributed by atoms with Crippen LogP contribution in [0.2, 0.25) is 0 Å². The van der Waals surface area contributed by atoms with Crippen molar-refractivity contribution in [3.05, 3.63) is 65.0 Å². The van der Waals surface area contributed by atoms with Gasteiger partial charge in [-0.05, 0) is 60.8 Å². The topological polar surface area (TPSA) is 21.3 Å². The summed E-state index contributed by atoms with van der Waals surface area (Å²) in [5, 5.41) is 3.37. The Balaban J connectivity index is 1.88. The molecule has 2 aromatic carbocycles. The van der Waals surface area contributed by atoms with Crippen LogP contribution in [-0.4, -0.2) is 6.54 Å². The third-order valence-electron chi connectivity index (χ3n) is 3.38. The van der Waals surface area contributed by atoms with Crippen molar-refractivity contribution in [2.24, 2.45) is 0 Å². The van der Waals surface area contributed by atoms with Crippen molar-refractivity contribution in [2.75, 3.05) is 6.54 Å². The molecule has 21 heavy (non-hydrogen) atoms. The van der Waals surface area contributed by atoms with Crippen LogP contribution in [0.4, 0.5) is 4.39 Å². The van der Waals surface area contributed by atoms with Crippen LogP contribution in [0.15, 0.2) is 42.5 Å². The summed E-state index contributed by atoms with van der Waals surface area (Å²) < 4.78 is 18.8. The van der Waals surface area contributed by atoms with E-state index >= 15 is 0 Å². The molecule has 112 valence electrons. The summed E-state index contributed by atoms with van der Waals surface area (Å²) in [6, 6.07) is 12.8. The number of aryl methyl sites for hydroxylation is 1. The molecule has 0 saturated heterocycles. The Morgan fingerprint density at radius 1 is 1.10 bits per heavy atom. The maximum Gasteiger partial charge on any atom is 0.123 e. The van der Waals surface area contributed by atoms with Gasteiger partial charge in [0, 0.05) is 6.54 Å². The van der Waals surface area contributed by atoms with E-state index in [1.165, 1.54) is 17.7 Å². The minimum Gasteiger partial charge on any atom is -0.489 e. The summed E-state index contributed by atoms with van der Waals surface area (Å²) in [6.07, 6.45) is 1.14. The van der Waals surface area contributed by atoms with Crippen LogP contribution >= 0.6 is 0 Å². The maximum atomic E-state index is 13.0. The van der Waals surface area contributed by atoms with Crippen LogP contribution < -0.4 is 10.1 Å². The molecule has 2 rings (SSSR count). The molecule has 0 saturated carbocycles. The highest BCUT2D eigenvalue weighted by Gasteiger charge is 2.02. The molecule has 0 unspecified atom stereocenters. The van der Waals surface area contributed by atoms with Crippen LogP contribution in [0.3, 0.4) is 0 Å². The van der Waals surface area contributed by atoms with E-state index in [0.29, 0.717) is 6.61 Å². The lowest BCUT2D eigenvalue weighted by atomic mass is 10.1. The van der Waals surface area contributed by atoms with Gasteiger partial charge < -0.3 is 10.1 Å². The molecular formula is C18H22FNO. The van der Waals surface area contributed by atoms with E-state index < -0.39 is 0 Å². The van der Waals surface area contributed by atoms with Gasteiger partial charge in [0.05, 0.1) is 0 Å². The van der Waals surface area contributed by atoms with Crippen molar-refractivity contribution in [3.8, 4) is 5.75 Å². The molecule has 0 aliphatic carbocycles. The molecule has 0 fully saturated rings. The Morgan fingerprint density at radius 2 is 1.86 bits per heavy atom. The van der Waals surface area contributed by atoms with E-state index in [9.17, 15) is 4.39 Å². The van der Waals surface area contributed by atoms with E-state index in [-0.39, 0.29) is 5.82 Å². The Kier molecular flexibility index (Phi) is 5.76. The van der Waals surface area contributed by atoms with E-state index in [1.807, 2.05) is 19.1 Å². The minimum atomic E-state index is -0.208. The second-order valence-electron chi connectivity index (χ2n) is 5.18. The molecular weight excluding hydrogens is 265 g/mol. The average molecular weight is 287 g/mol. The van der Waals surface area contributed by atoms with Gasteiger partial charge in [-0.2, -0.15) is 0 Å².